The van der Waals surface area contributed by atoms with Gasteiger partial charge in [-0.15, -0.1) is 10.1 Å². The normalized spacial score (nSPS) is 37.1. The lowest BCUT2D eigenvalue weighted by Gasteiger charge is -2.22. The number of nitrogens with zero attached hydrogens (tertiary/aromatic N) is 2. The summed E-state index contributed by atoms with van der Waals surface area (Å²) < 4.78 is 0. The minimum absolute atomic E-state index is 0.0757. The van der Waals surface area contributed by atoms with Gasteiger partial charge in [-0.2, -0.15) is 0 Å². The summed E-state index contributed by atoms with van der Waals surface area (Å²) in [4.78, 5) is 64.4. The third-order valence-corrected chi connectivity index (χ3v) is 9.98. The highest BCUT2D eigenvalue weighted by atomic mass is 79.9. The van der Waals surface area contributed by atoms with Crippen LogP contribution in [0, 0.1) is 47.3 Å². The van der Waals surface area contributed by atoms with Gasteiger partial charge in [0.15, 0.2) is 11.5 Å². The van der Waals surface area contributed by atoms with Gasteiger partial charge in [-0.1, -0.05) is 56.2 Å². The number of fused-ring (bicyclic) bond motifs is 10. The van der Waals surface area contributed by atoms with Crippen molar-refractivity contribution in [2.75, 3.05) is 0 Å². The number of hydrogen-bond donors (Lipinski definition) is 0. The molecule has 2 saturated carbocycles. The van der Waals surface area contributed by atoms with Gasteiger partial charge in [0.1, 0.15) is 0 Å². The number of allylic oxidation sites excluding steroid dienone is 4. The molecule has 4 fully saturated rings. The summed E-state index contributed by atoms with van der Waals surface area (Å²) in [5.74, 6) is -1.97. The lowest BCUT2D eigenvalue weighted by Crippen LogP contribution is -2.37. The van der Waals surface area contributed by atoms with E-state index in [-0.39, 0.29) is 82.5 Å². The summed E-state index contributed by atoms with van der Waals surface area (Å²) in [6.45, 7) is 0. The van der Waals surface area contributed by atoms with Crippen LogP contribution in [0.4, 0.5) is 0 Å². The van der Waals surface area contributed by atoms with Crippen molar-refractivity contribution in [2.45, 2.75) is 23.5 Å². The Balaban J connectivity index is 1.18. The second-order valence-electron chi connectivity index (χ2n) is 10.5. The van der Waals surface area contributed by atoms with Crippen LogP contribution in [0.15, 0.2) is 36.4 Å². The summed E-state index contributed by atoms with van der Waals surface area (Å²) in [7, 11) is 0. The standard InChI is InChI=1S/C26H22Br2N2O6/c27-9-15-7-16(10-28)18(36-30-25(33)21-13-3-4-14(6-13)22(21)26(30)34)8-17(15)35-29-23(31)19-11-1-2-12(5-11)20(19)24(29)32/h1-4,7-8,11-14,19-22H,5-6,9-10H2/t11-,12+,13-,14+,19?,20?,21?,22?. The third kappa shape index (κ3) is 2.97. The van der Waals surface area contributed by atoms with E-state index >= 15 is 0 Å². The van der Waals surface area contributed by atoms with E-state index in [1.54, 1.807) is 6.07 Å². The number of hydrogen-bond acceptors (Lipinski definition) is 6. The molecular weight excluding hydrogens is 596 g/mol. The predicted octanol–water partition coefficient (Wildman–Crippen LogP) is 3.68. The lowest BCUT2D eigenvalue weighted by atomic mass is 9.85. The van der Waals surface area contributed by atoms with E-state index in [0.717, 1.165) is 23.0 Å². The summed E-state index contributed by atoms with van der Waals surface area (Å²) in [5.41, 5.74) is 1.41. The Morgan fingerprint density at radius 2 is 0.944 bits per heavy atom. The van der Waals surface area contributed by atoms with Crippen molar-refractivity contribution in [2.24, 2.45) is 47.3 Å². The Bertz CT molecular complexity index is 1140. The maximum absolute atomic E-state index is 13.1. The van der Waals surface area contributed by atoms with E-state index < -0.39 is 0 Å². The number of carbonyl (C=O) groups is 4. The number of imide groups is 2. The van der Waals surface area contributed by atoms with Crippen molar-refractivity contribution in [3.8, 4) is 11.5 Å². The van der Waals surface area contributed by atoms with Gasteiger partial charge in [0.05, 0.1) is 23.7 Å². The third-order valence-electron chi connectivity index (χ3n) is 8.77. The average Bonchev–Trinajstić information content (AvgIpc) is 3.72. The molecule has 10 heteroatoms. The van der Waals surface area contributed by atoms with Crippen LogP contribution in [-0.4, -0.2) is 33.8 Å². The highest BCUT2D eigenvalue weighted by Gasteiger charge is 2.62. The zero-order chi connectivity index (χ0) is 24.9. The van der Waals surface area contributed by atoms with Crippen LogP contribution in [0.1, 0.15) is 24.0 Å². The fourth-order valence-electron chi connectivity index (χ4n) is 7.16. The van der Waals surface area contributed by atoms with Crippen molar-refractivity contribution in [1.29, 1.82) is 0 Å². The SMILES string of the molecule is O=C1C2C(C(=O)N1Oc1cc(ON3C(=O)C4C(C3=O)[C@H]3C=C[C@@H]4C3)c(CBr)cc1CBr)[C@H]1C=C[C@@H]2C1. The topological polar surface area (TPSA) is 93.2 Å². The predicted molar refractivity (Wildman–Crippen MR) is 132 cm³/mol. The first-order valence-corrected chi connectivity index (χ1v) is 14.4. The quantitative estimate of drug-likeness (QED) is 0.275. The minimum atomic E-state index is -0.374. The molecule has 6 aliphatic rings. The molecule has 4 amide bonds. The Labute approximate surface area is 223 Å². The Morgan fingerprint density at radius 3 is 1.25 bits per heavy atom. The van der Waals surface area contributed by atoms with Crippen LogP contribution >= 0.6 is 31.9 Å². The summed E-state index contributed by atoms with van der Waals surface area (Å²) in [6.07, 6.45) is 9.79. The van der Waals surface area contributed by atoms with E-state index in [1.807, 2.05) is 30.4 Å². The van der Waals surface area contributed by atoms with Crippen LogP contribution in [-0.2, 0) is 29.8 Å². The molecule has 2 heterocycles. The lowest BCUT2D eigenvalue weighted by molar-refractivity contribution is -0.167. The van der Waals surface area contributed by atoms with Crippen LogP contribution in [0.3, 0.4) is 0 Å². The van der Waals surface area contributed by atoms with Crippen LogP contribution < -0.4 is 9.68 Å². The maximum Gasteiger partial charge on any atom is 0.267 e. The fourth-order valence-corrected chi connectivity index (χ4v) is 8.04. The second-order valence-corrected chi connectivity index (χ2v) is 11.6. The Kier molecular flexibility index (Phi) is 5.06. The summed E-state index contributed by atoms with van der Waals surface area (Å²) in [6, 6.07) is 3.36. The summed E-state index contributed by atoms with van der Waals surface area (Å²) >= 11 is 6.91. The van der Waals surface area contributed by atoms with Gasteiger partial charge >= 0.3 is 0 Å². The van der Waals surface area contributed by atoms with Gasteiger partial charge in [-0.3, -0.25) is 19.2 Å². The number of carbonyl (C=O) groups excluding carboxylic acids is 4. The molecule has 0 spiro atoms. The Morgan fingerprint density at radius 1 is 0.611 bits per heavy atom. The van der Waals surface area contributed by atoms with Crippen molar-refractivity contribution in [3.63, 3.8) is 0 Å². The van der Waals surface area contributed by atoms with Crippen LogP contribution in [0.5, 0.6) is 11.5 Å². The molecule has 0 aromatic heterocycles. The number of rotatable bonds is 6. The first-order valence-electron chi connectivity index (χ1n) is 12.2. The molecule has 36 heavy (non-hydrogen) atoms. The number of halogens is 2. The van der Waals surface area contributed by atoms with Gasteiger partial charge in [-0.25, -0.2) is 0 Å². The zero-order valence-corrected chi connectivity index (χ0v) is 22.2. The van der Waals surface area contributed by atoms with Gasteiger partial charge < -0.3 is 9.68 Å². The van der Waals surface area contributed by atoms with Gasteiger partial charge in [-0.05, 0) is 42.6 Å². The van der Waals surface area contributed by atoms with E-state index in [9.17, 15) is 19.2 Å². The molecule has 2 aliphatic heterocycles. The molecule has 2 saturated heterocycles. The van der Waals surface area contributed by atoms with Crippen molar-refractivity contribution in [1.82, 2.24) is 10.1 Å². The molecular formula is C26H22Br2N2O6. The van der Waals surface area contributed by atoms with E-state index in [4.69, 9.17) is 9.68 Å². The van der Waals surface area contributed by atoms with Crippen molar-refractivity contribution < 1.29 is 28.9 Å². The number of alkyl halides is 2. The average molecular weight is 618 g/mol. The maximum atomic E-state index is 13.1. The first-order chi connectivity index (χ1) is 17.4. The fraction of sp³-hybridized carbons (Fsp3) is 0.462. The molecule has 7 rings (SSSR count). The highest BCUT2D eigenvalue weighted by Crippen LogP contribution is 2.54. The Hall–Kier alpha value is -2.46. The van der Waals surface area contributed by atoms with E-state index in [0.29, 0.717) is 21.8 Å². The van der Waals surface area contributed by atoms with E-state index in [1.165, 1.54) is 0 Å². The number of amides is 4. The van der Waals surface area contributed by atoms with Gasteiger partial charge in [0.2, 0.25) is 0 Å². The zero-order valence-electron chi connectivity index (χ0n) is 19.0. The smallest absolute Gasteiger partial charge is 0.267 e. The largest absolute Gasteiger partial charge is 0.369 e. The summed E-state index contributed by atoms with van der Waals surface area (Å²) in [5, 5.41) is 2.58. The molecule has 8 nitrogen and oxygen atoms in total. The number of hydroxylamine groups is 4. The molecule has 186 valence electrons. The molecule has 1 aromatic carbocycles. The highest BCUT2D eigenvalue weighted by molar-refractivity contribution is 9.08. The van der Waals surface area contributed by atoms with Crippen molar-refractivity contribution in [3.05, 3.63) is 47.6 Å². The van der Waals surface area contributed by atoms with Crippen molar-refractivity contribution >= 4 is 55.5 Å². The second kappa shape index (κ2) is 8.02. The van der Waals surface area contributed by atoms with Crippen LogP contribution in [0.2, 0.25) is 0 Å². The molecule has 4 bridgehead atoms. The van der Waals surface area contributed by atoms with E-state index in [2.05, 4.69) is 31.9 Å². The monoisotopic (exact) mass is 616 g/mol. The molecule has 4 aliphatic carbocycles. The minimum Gasteiger partial charge on any atom is -0.369 e. The molecule has 4 unspecified atom stereocenters. The first kappa shape index (κ1) is 22.7. The molecule has 0 N–H and O–H groups in total. The van der Waals surface area contributed by atoms with Crippen LogP contribution in [0.25, 0.3) is 0 Å². The van der Waals surface area contributed by atoms with Gasteiger partial charge in [0.25, 0.3) is 23.6 Å². The molecule has 8 atom stereocenters. The van der Waals surface area contributed by atoms with Gasteiger partial charge in [0, 0.05) is 27.9 Å². The number of benzene rings is 1. The molecule has 0 radical (unpaired) electrons. The molecule has 1 aromatic rings.